The highest BCUT2D eigenvalue weighted by Gasteiger charge is 2.14. The van der Waals surface area contributed by atoms with Crippen LogP contribution in [0.1, 0.15) is 15.4 Å². The first kappa shape index (κ1) is 11.9. The molecular formula is C15H11NO2S. The molecule has 0 N–H and O–H groups in total. The smallest absolute Gasteiger partial charge is 0.221 e. The first-order valence-corrected chi connectivity index (χ1v) is 6.64. The predicted molar refractivity (Wildman–Crippen MR) is 76.0 cm³/mol. The van der Waals surface area contributed by atoms with Crippen LogP contribution in [0.4, 0.5) is 0 Å². The van der Waals surface area contributed by atoms with E-state index in [4.69, 9.17) is 4.74 Å². The van der Waals surface area contributed by atoms with Gasteiger partial charge in [-0.05, 0) is 36.4 Å². The second kappa shape index (κ2) is 4.82. The number of nitrogens with zero attached hydrogens (tertiary/aromatic N) is 1. The normalized spacial score (nSPS) is 10.6. The summed E-state index contributed by atoms with van der Waals surface area (Å²) in [6, 6.07) is 14.8. The number of hydrogen-bond donors (Lipinski definition) is 0. The van der Waals surface area contributed by atoms with Gasteiger partial charge in [-0.2, -0.15) is 0 Å². The van der Waals surface area contributed by atoms with Crippen molar-refractivity contribution in [3.05, 3.63) is 59.1 Å². The first-order chi connectivity index (χ1) is 9.28. The Morgan fingerprint density at radius 3 is 2.53 bits per heavy atom. The quantitative estimate of drug-likeness (QED) is 0.683. The highest BCUT2D eigenvalue weighted by Crippen LogP contribution is 2.24. The summed E-state index contributed by atoms with van der Waals surface area (Å²) in [5.41, 5.74) is 1.49. The molecule has 3 aromatic rings. The molecule has 0 aliphatic carbocycles. The summed E-state index contributed by atoms with van der Waals surface area (Å²) in [7, 11) is 1.60. The van der Waals surface area contributed by atoms with Crippen LogP contribution in [-0.2, 0) is 0 Å². The lowest BCUT2D eigenvalue weighted by molar-refractivity contribution is 0.103. The molecule has 2 aromatic carbocycles. The van der Waals surface area contributed by atoms with Gasteiger partial charge in [0.05, 0.1) is 17.3 Å². The zero-order valence-electron chi connectivity index (χ0n) is 10.3. The van der Waals surface area contributed by atoms with E-state index in [1.807, 2.05) is 24.3 Å². The summed E-state index contributed by atoms with van der Waals surface area (Å²) in [6.07, 6.45) is 0. The van der Waals surface area contributed by atoms with Crippen LogP contribution < -0.4 is 4.74 Å². The van der Waals surface area contributed by atoms with Crippen molar-refractivity contribution in [2.45, 2.75) is 0 Å². The first-order valence-electron chi connectivity index (χ1n) is 5.82. The van der Waals surface area contributed by atoms with Gasteiger partial charge in [0, 0.05) is 5.56 Å². The Hall–Kier alpha value is -2.20. The van der Waals surface area contributed by atoms with Crippen molar-refractivity contribution in [3.8, 4) is 5.75 Å². The Bertz CT molecular complexity index is 698. The zero-order chi connectivity index (χ0) is 13.2. The SMILES string of the molecule is COc1ccc(C(=O)c2nc3ccccc3s2)cc1. The van der Waals surface area contributed by atoms with Crippen LogP contribution >= 0.6 is 11.3 Å². The van der Waals surface area contributed by atoms with E-state index in [1.54, 1.807) is 31.4 Å². The van der Waals surface area contributed by atoms with Gasteiger partial charge in [0.25, 0.3) is 0 Å². The van der Waals surface area contributed by atoms with E-state index in [1.165, 1.54) is 11.3 Å². The summed E-state index contributed by atoms with van der Waals surface area (Å²) in [5, 5.41) is 0.520. The third-order valence-corrected chi connectivity index (χ3v) is 3.88. The molecule has 0 saturated heterocycles. The Morgan fingerprint density at radius 2 is 1.84 bits per heavy atom. The number of carbonyl (C=O) groups excluding carboxylic acids is 1. The molecule has 1 heterocycles. The zero-order valence-corrected chi connectivity index (χ0v) is 11.1. The van der Waals surface area contributed by atoms with Crippen molar-refractivity contribution in [2.24, 2.45) is 0 Å². The van der Waals surface area contributed by atoms with Crippen LogP contribution in [-0.4, -0.2) is 17.9 Å². The number of ether oxygens (including phenoxy) is 1. The van der Waals surface area contributed by atoms with Crippen LogP contribution in [0.3, 0.4) is 0 Å². The van der Waals surface area contributed by atoms with Crippen LogP contribution in [0.2, 0.25) is 0 Å². The lowest BCUT2D eigenvalue weighted by Crippen LogP contribution is -2.00. The van der Waals surface area contributed by atoms with E-state index in [9.17, 15) is 4.79 Å². The van der Waals surface area contributed by atoms with Gasteiger partial charge in [0.2, 0.25) is 5.78 Å². The molecule has 0 atom stereocenters. The molecule has 0 aliphatic heterocycles. The van der Waals surface area contributed by atoms with Crippen molar-refractivity contribution in [2.75, 3.05) is 7.11 Å². The van der Waals surface area contributed by atoms with Crippen LogP contribution in [0.15, 0.2) is 48.5 Å². The third kappa shape index (κ3) is 2.22. The van der Waals surface area contributed by atoms with Crippen molar-refractivity contribution in [3.63, 3.8) is 0 Å². The molecule has 3 rings (SSSR count). The lowest BCUT2D eigenvalue weighted by atomic mass is 10.1. The van der Waals surface area contributed by atoms with E-state index in [2.05, 4.69) is 4.98 Å². The van der Waals surface area contributed by atoms with Gasteiger partial charge in [-0.15, -0.1) is 11.3 Å². The highest BCUT2D eigenvalue weighted by molar-refractivity contribution is 7.20. The molecule has 0 fully saturated rings. The molecule has 4 heteroatoms. The molecule has 0 aliphatic rings. The summed E-state index contributed by atoms with van der Waals surface area (Å²) >= 11 is 1.42. The second-order valence-electron chi connectivity index (χ2n) is 4.04. The summed E-state index contributed by atoms with van der Waals surface area (Å²) < 4.78 is 6.11. The van der Waals surface area contributed by atoms with Crippen molar-refractivity contribution in [1.29, 1.82) is 0 Å². The minimum absolute atomic E-state index is 0.0520. The second-order valence-corrected chi connectivity index (χ2v) is 5.08. The van der Waals surface area contributed by atoms with Crippen molar-refractivity contribution < 1.29 is 9.53 Å². The van der Waals surface area contributed by atoms with Crippen molar-refractivity contribution >= 4 is 27.3 Å². The molecule has 19 heavy (non-hydrogen) atoms. The van der Waals surface area contributed by atoms with Gasteiger partial charge in [0.1, 0.15) is 5.75 Å². The lowest BCUT2D eigenvalue weighted by Gasteiger charge is -2.00. The van der Waals surface area contributed by atoms with Gasteiger partial charge in [-0.25, -0.2) is 4.98 Å². The maximum Gasteiger partial charge on any atom is 0.221 e. The molecule has 94 valence electrons. The minimum Gasteiger partial charge on any atom is -0.497 e. The standard InChI is InChI=1S/C15H11NO2S/c1-18-11-8-6-10(7-9-11)14(17)15-16-12-4-2-3-5-13(12)19-15/h2-9H,1H3. The van der Waals surface area contributed by atoms with E-state index in [0.717, 1.165) is 16.0 Å². The largest absolute Gasteiger partial charge is 0.497 e. The molecule has 3 nitrogen and oxygen atoms in total. The Kier molecular flexibility index (Phi) is 3.01. The number of aromatic nitrogens is 1. The van der Waals surface area contributed by atoms with E-state index >= 15 is 0 Å². The van der Waals surface area contributed by atoms with Gasteiger partial charge in [-0.1, -0.05) is 12.1 Å². The maximum atomic E-state index is 12.3. The number of benzene rings is 2. The molecule has 0 spiro atoms. The van der Waals surface area contributed by atoms with Gasteiger partial charge in [0.15, 0.2) is 5.01 Å². The number of methoxy groups -OCH3 is 1. The van der Waals surface area contributed by atoms with Crippen LogP contribution in [0.25, 0.3) is 10.2 Å². The number of rotatable bonds is 3. The number of para-hydroxylation sites is 1. The highest BCUT2D eigenvalue weighted by atomic mass is 32.1. The average Bonchev–Trinajstić information content (AvgIpc) is 2.90. The van der Waals surface area contributed by atoms with Gasteiger partial charge >= 0.3 is 0 Å². The number of hydrogen-bond acceptors (Lipinski definition) is 4. The van der Waals surface area contributed by atoms with Crippen LogP contribution in [0, 0.1) is 0 Å². The molecule has 0 radical (unpaired) electrons. The molecule has 0 amide bonds. The summed E-state index contributed by atoms with van der Waals surface area (Å²) in [5.74, 6) is 0.685. The van der Waals surface area contributed by atoms with E-state index < -0.39 is 0 Å². The average molecular weight is 269 g/mol. The molecular weight excluding hydrogens is 258 g/mol. The van der Waals surface area contributed by atoms with E-state index in [-0.39, 0.29) is 5.78 Å². The Labute approximate surface area is 114 Å². The molecule has 1 aromatic heterocycles. The van der Waals surface area contributed by atoms with Crippen molar-refractivity contribution in [1.82, 2.24) is 4.98 Å². The third-order valence-electron chi connectivity index (χ3n) is 2.84. The maximum absolute atomic E-state index is 12.3. The van der Waals surface area contributed by atoms with Crippen LogP contribution in [0.5, 0.6) is 5.75 Å². The Balaban J connectivity index is 1.98. The molecule has 0 unspecified atom stereocenters. The fourth-order valence-electron chi connectivity index (χ4n) is 1.84. The van der Waals surface area contributed by atoms with Gasteiger partial charge in [-0.3, -0.25) is 4.79 Å². The molecule has 0 saturated carbocycles. The van der Waals surface area contributed by atoms with Gasteiger partial charge < -0.3 is 4.74 Å². The molecule has 0 bridgehead atoms. The number of carbonyl (C=O) groups is 1. The minimum atomic E-state index is -0.0520. The topological polar surface area (TPSA) is 39.2 Å². The Morgan fingerprint density at radius 1 is 1.11 bits per heavy atom. The van der Waals surface area contributed by atoms with E-state index in [0.29, 0.717) is 10.6 Å². The predicted octanol–water partition coefficient (Wildman–Crippen LogP) is 3.54. The number of fused-ring (bicyclic) bond motifs is 1. The summed E-state index contributed by atoms with van der Waals surface area (Å²) in [4.78, 5) is 16.7. The monoisotopic (exact) mass is 269 g/mol. The number of thiazole rings is 1. The number of ketones is 1. The summed E-state index contributed by atoms with van der Waals surface area (Å²) in [6.45, 7) is 0. The fraction of sp³-hybridized carbons (Fsp3) is 0.0667. The fourth-order valence-corrected chi connectivity index (χ4v) is 2.76.